The summed E-state index contributed by atoms with van der Waals surface area (Å²) in [6, 6.07) is 9.57. The van der Waals surface area contributed by atoms with Crippen molar-refractivity contribution in [2.24, 2.45) is 0 Å². The third kappa shape index (κ3) is 0.923. The molecule has 0 fully saturated rings. The lowest BCUT2D eigenvalue weighted by Crippen LogP contribution is -1.65. The number of hydrogen-bond donors (Lipinski definition) is 1. The van der Waals surface area contributed by atoms with Crippen LogP contribution in [0.15, 0.2) is 34.7 Å². The molecule has 0 saturated carbocycles. The van der Waals surface area contributed by atoms with Crippen LogP contribution in [-0.2, 0) is 0 Å². The highest BCUT2D eigenvalue weighted by molar-refractivity contribution is 5.85. The Morgan fingerprint density at radius 3 is 2.82 bits per heavy atom. The summed E-state index contributed by atoms with van der Waals surface area (Å²) in [5.74, 6) is 0.603. The molecule has 0 saturated heterocycles. The van der Waals surface area contributed by atoms with E-state index in [1.165, 1.54) is 6.21 Å². The predicted molar refractivity (Wildman–Crippen MR) is 44.1 cm³/mol. The van der Waals surface area contributed by atoms with E-state index in [2.05, 4.69) is 0 Å². The number of hydrogen-bond acceptors (Lipinski definition) is 2. The monoisotopic (exact) mass is 145 g/mol. The first-order valence-corrected chi connectivity index (χ1v) is 3.39. The fourth-order valence-corrected chi connectivity index (χ4v) is 1.07. The molecule has 2 aromatic rings. The summed E-state index contributed by atoms with van der Waals surface area (Å²) in [6.45, 7) is 0. The largest absolute Gasteiger partial charge is 0.455 e. The van der Waals surface area contributed by atoms with Gasteiger partial charge in [0, 0.05) is 5.39 Å². The number of para-hydroxylation sites is 1. The Hall–Kier alpha value is -1.57. The molecule has 1 aromatic heterocycles. The number of rotatable bonds is 1. The van der Waals surface area contributed by atoms with E-state index in [0.717, 1.165) is 11.0 Å². The van der Waals surface area contributed by atoms with Crippen molar-refractivity contribution in [2.75, 3.05) is 0 Å². The summed E-state index contributed by atoms with van der Waals surface area (Å²) in [4.78, 5) is 0. The van der Waals surface area contributed by atoms with Gasteiger partial charge < -0.3 is 9.83 Å². The minimum atomic E-state index is 0.603. The maximum atomic E-state index is 6.96. The van der Waals surface area contributed by atoms with Crippen LogP contribution in [0.1, 0.15) is 5.76 Å². The molecule has 11 heavy (non-hydrogen) atoms. The lowest BCUT2D eigenvalue weighted by Gasteiger charge is -1.82. The Morgan fingerprint density at radius 1 is 1.27 bits per heavy atom. The standard InChI is InChI=1S/C9H7NO/c10-6-8-5-7-3-1-2-4-9(7)11-8/h1-6,10H. The van der Waals surface area contributed by atoms with Gasteiger partial charge in [-0.05, 0) is 12.1 Å². The second-order valence-electron chi connectivity index (χ2n) is 2.33. The molecule has 54 valence electrons. The Bertz CT molecular complexity index is 356. The van der Waals surface area contributed by atoms with E-state index in [1.807, 2.05) is 30.3 Å². The molecule has 0 atom stereocenters. The summed E-state index contributed by atoms with van der Waals surface area (Å²) in [5, 5.41) is 8.00. The minimum Gasteiger partial charge on any atom is -0.455 e. The SMILES string of the molecule is N=Cc1cc2ccccc2o1. The van der Waals surface area contributed by atoms with E-state index in [1.54, 1.807) is 0 Å². The van der Waals surface area contributed by atoms with Gasteiger partial charge in [-0.3, -0.25) is 0 Å². The second-order valence-corrected chi connectivity index (χ2v) is 2.33. The van der Waals surface area contributed by atoms with Crippen LogP contribution in [-0.4, -0.2) is 6.21 Å². The van der Waals surface area contributed by atoms with Crippen molar-refractivity contribution in [3.05, 3.63) is 36.1 Å². The van der Waals surface area contributed by atoms with Crippen LogP contribution < -0.4 is 0 Å². The third-order valence-corrected chi connectivity index (χ3v) is 1.59. The molecule has 0 aliphatic heterocycles. The van der Waals surface area contributed by atoms with Crippen LogP contribution in [0.25, 0.3) is 11.0 Å². The zero-order valence-corrected chi connectivity index (χ0v) is 5.87. The summed E-state index contributed by atoms with van der Waals surface area (Å²) < 4.78 is 5.27. The lowest BCUT2D eigenvalue weighted by atomic mass is 10.2. The van der Waals surface area contributed by atoms with Gasteiger partial charge >= 0.3 is 0 Å². The van der Waals surface area contributed by atoms with Gasteiger partial charge in [0.05, 0.1) is 6.21 Å². The number of benzene rings is 1. The normalized spacial score (nSPS) is 10.2. The first-order chi connectivity index (χ1) is 5.40. The molecule has 0 amide bonds. The highest BCUT2D eigenvalue weighted by Gasteiger charge is 1.97. The summed E-state index contributed by atoms with van der Waals surface area (Å²) in [7, 11) is 0. The van der Waals surface area contributed by atoms with Gasteiger partial charge in [-0.1, -0.05) is 18.2 Å². The summed E-state index contributed by atoms with van der Waals surface area (Å²) in [6.07, 6.45) is 1.21. The highest BCUT2D eigenvalue weighted by Crippen LogP contribution is 2.16. The van der Waals surface area contributed by atoms with Crippen molar-refractivity contribution in [3.63, 3.8) is 0 Å². The molecular weight excluding hydrogens is 138 g/mol. The van der Waals surface area contributed by atoms with Gasteiger partial charge in [-0.15, -0.1) is 0 Å². The van der Waals surface area contributed by atoms with Gasteiger partial charge in [0.1, 0.15) is 11.3 Å². The zero-order chi connectivity index (χ0) is 7.68. The van der Waals surface area contributed by atoms with Crippen LogP contribution in [0.3, 0.4) is 0 Å². The van der Waals surface area contributed by atoms with E-state index < -0.39 is 0 Å². The molecule has 0 unspecified atom stereocenters. The first-order valence-electron chi connectivity index (χ1n) is 3.39. The van der Waals surface area contributed by atoms with Crippen LogP contribution >= 0.6 is 0 Å². The van der Waals surface area contributed by atoms with Crippen LogP contribution in [0.5, 0.6) is 0 Å². The molecule has 0 radical (unpaired) electrons. The van der Waals surface area contributed by atoms with Crippen molar-refractivity contribution in [2.45, 2.75) is 0 Å². The molecule has 0 bridgehead atoms. The Morgan fingerprint density at radius 2 is 2.09 bits per heavy atom. The number of furan rings is 1. The molecule has 0 aliphatic rings. The number of nitrogens with one attached hydrogen (secondary N) is 1. The van der Waals surface area contributed by atoms with Gasteiger partial charge in [-0.2, -0.15) is 0 Å². The van der Waals surface area contributed by atoms with E-state index in [9.17, 15) is 0 Å². The third-order valence-electron chi connectivity index (χ3n) is 1.59. The van der Waals surface area contributed by atoms with Crippen LogP contribution in [0.4, 0.5) is 0 Å². The zero-order valence-electron chi connectivity index (χ0n) is 5.87. The summed E-state index contributed by atoms with van der Waals surface area (Å²) >= 11 is 0. The average molecular weight is 145 g/mol. The van der Waals surface area contributed by atoms with Gasteiger partial charge in [-0.25, -0.2) is 0 Å². The second kappa shape index (κ2) is 2.23. The smallest absolute Gasteiger partial charge is 0.145 e. The highest BCUT2D eigenvalue weighted by atomic mass is 16.3. The fourth-order valence-electron chi connectivity index (χ4n) is 1.07. The maximum Gasteiger partial charge on any atom is 0.145 e. The Kier molecular flexibility index (Phi) is 1.25. The Labute approximate surface area is 64.0 Å². The Balaban J connectivity index is 2.78. The lowest BCUT2D eigenvalue weighted by molar-refractivity contribution is 0.607. The molecule has 0 aliphatic carbocycles. The van der Waals surface area contributed by atoms with Crippen molar-refractivity contribution in [1.29, 1.82) is 5.41 Å². The molecule has 2 rings (SSSR count). The van der Waals surface area contributed by atoms with Gasteiger partial charge in [0.15, 0.2) is 0 Å². The van der Waals surface area contributed by atoms with E-state index >= 15 is 0 Å². The van der Waals surface area contributed by atoms with Crippen LogP contribution in [0, 0.1) is 5.41 Å². The molecule has 2 nitrogen and oxygen atoms in total. The fraction of sp³-hybridized carbons (Fsp3) is 0. The number of fused-ring (bicyclic) bond motifs is 1. The van der Waals surface area contributed by atoms with Crippen molar-refractivity contribution < 1.29 is 4.42 Å². The van der Waals surface area contributed by atoms with Crippen molar-refractivity contribution in [3.8, 4) is 0 Å². The summed E-state index contributed by atoms with van der Waals surface area (Å²) in [5.41, 5.74) is 0.839. The van der Waals surface area contributed by atoms with Crippen LogP contribution in [0.2, 0.25) is 0 Å². The quantitative estimate of drug-likeness (QED) is 0.615. The molecule has 0 spiro atoms. The molecule has 1 N–H and O–H groups in total. The molecular formula is C9H7NO. The maximum absolute atomic E-state index is 6.96. The molecule has 1 aromatic carbocycles. The van der Waals surface area contributed by atoms with E-state index in [0.29, 0.717) is 5.76 Å². The van der Waals surface area contributed by atoms with E-state index in [4.69, 9.17) is 9.83 Å². The molecule has 2 heteroatoms. The predicted octanol–water partition coefficient (Wildman–Crippen LogP) is 2.43. The van der Waals surface area contributed by atoms with Gasteiger partial charge in [0.2, 0.25) is 0 Å². The molecule has 1 heterocycles. The van der Waals surface area contributed by atoms with Crippen molar-refractivity contribution >= 4 is 17.2 Å². The topological polar surface area (TPSA) is 37.0 Å². The van der Waals surface area contributed by atoms with Gasteiger partial charge in [0.25, 0.3) is 0 Å². The van der Waals surface area contributed by atoms with Crippen molar-refractivity contribution in [1.82, 2.24) is 0 Å². The van der Waals surface area contributed by atoms with E-state index in [-0.39, 0.29) is 0 Å². The average Bonchev–Trinajstić information content (AvgIpc) is 2.46. The first kappa shape index (κ1) is 6.16. The minimum absolute atomic E-state index is 0.603.